The van der Waals surface area contributed by atoms with E-state index < -0.39 is 0 Å². The summed E-state index contributed by atoms with van der Waals surface area (Å²) in [6.45, 7) is 6.98. The zero-order chi connectivity index (χ0) is 6.15. The van der Waals surface area contributed by atoms with Gasteiger partial charge in [-0.05, 0) is 17.8 Å². The van der Waals surface area contributed by atoms with Crippen molar-refractivity contribution in [2.75, 3.05) is 0 Å². The van der Waals surface area contributed by atoms with Crippen LogP contribution in [0.2, 0.25) is 0 Å². The first-order valence-corrected chi connectivity index (χ1v) is 3.81. The molecule has 1 fully saturated rings. The zero-order valence-corrected chi connectivity index (χ0v) is 6.15. The molecule has 8 heavy (non-hydrogen) atoms. The van der Waals surface area contributed by atoms with Crippen molar-refractivity contribution in [1.82, 2.24) is 0 Å². The smallest absolute Gasteiger partial charge is 0.0357 e. The number of hydrogen-bond donors (Lipinski definition) is 0. The summed E-state index contributed by atoms with van der Waals surface area (Å²) in [5, 5.41) is 0. The average molecular weight is 112 g/mol. The predicted molar refractivity (Wildman–Crippen MR) is 36.7 cm³/mol. The van der Waals surface area contributed by atoms with Crippen molar-refractivity contribution in [3.8, 4) is 0 Å². The fraction of sp³-hybridized carbons (Fsp3) is 1.00. The Balaban J connectivity index is 2.23. The van der Waals surface area contributed by atoms with E-state index in [-0.39, 0.29) is 0 Å². The van der Waals surface area contributed by atoms with E-state index in [0.717, 1.165) is 17.8 Å². The lowest BCUT2D eigenvalue weighted by Crippen LogP contribution is -1.74. The summed E-state index contributed by atoms with van der Waals surface area (Å²) in [7, 11) is 0. The number of rotatable bonds is 2. The van der Waals surface area contributed by atoms with Gasteiger partial charge < -0.3 is 0 Å². The van der Waals surface area contributed by atoms with Crippen LogP contribution in [0.3, 0.4) is 0 Å². The minimum atomic E-state index is 1.05. The van der Waals surface area contributed by atoms with Gasteiger partial charge in [-0.2, -0.15) is 0 Å². The number of hydrogen-bond acceptors (Lipinski definition) is 0. The molecule has 2 atom stereocenters. The molecule has 0 heterocycles. The highest BCUT2D eigenvalue weighted by atomic mass is 14.5. The molecule has 2 unspecified atom stereocenters. The van der Waals surface area contributed by atoms with Crippen LogP contribution in [0.1, 0.15) is 33.6 Å². The van der Waals surface area contributed by atoms with Crippen LogP contribution in [-0.4, -0.2) is 0 Å². The standard InChI is InChI=1S/C8H16/c1-4-7-6(3)8(7)5-2/h6-8H,4-5H2,1-3H3. The van der Waals surface area contributed by atoms with Gasteiger partial charge in [0.25, 0.3) is 0 Å². The predicted octanol–water partition coefficient (Wildman–Crippen LogP) is 2.69. The monoisotopic (exact) mass is 112 g/mol. The van der Waals surface area contributed by atoms with Crippen molar-refractivity contribution in [3.05, 3.63) is 0 Å². The quantitative estimate of drug-likeness (QED) is 0.515. The molecule has 0 aromatic rings. The maximum Gasteiger partial charge on any atom is -0.0357 e. The summed E-state index contributed by atoms with van der Waals surface area (Å²) in [5.74, 6) is 3.21. The van der Waals surface area contributed by atoms with Crippen LogP contribution in [0, 0.1) is 17.8 Å². The summed E-state index contributed by atoms with van der Waals surface area (Å²) in [6.07, 6.45) is 2.80. The van der Waals surface area contributed by atoms with Gasteiger partial charge in [-0.1, -0.05) is 33.6 Å². The average Bonchev–Trinajstić information content (AvgIpc) is 2.40. The molecule has 0 saturated heterocycles. The van der Waals surface area contributed by atoms with Gasteiger partial charge in [0.1, 0.15) is 0 Å². The molecule has 0 bridgehead atoms. The van der Waals surface area contributed by atoms with Gasteiger partial charge in [-0.15, -0.1) is 0 Å². The third kappa shape index (κ3) is 0.765. The molecule has 0 aliphatic heterocycles. The maximum atomic E-state index is 2.38. The Bertz CT molecular complexity index is 66.1. The van der Waals surface area contributed by atoms with Gasteiger partial charge in [0.2, 0.25) is 0 Å². The summed E-state index contributed by atoms with van der Waals surface area (Å²) >= 11 is 0. The van der Waals surface area contributed by atoms with Crippen LogP contribution in [-0.2, 0) is 0 Å². The molecule has 0 nitrogen and oxygen atoms in total. The molecule has 0 aromatic heterocycles. The van der Waals surface area contributed by atoms with Crippen molar-refractivity contribution in [2.24, 2.45) is 17.8 Å². The third-order valence-corrected chi connectivity index (χ3v) is 2.70. The second kappa shape index (κ2) is 2.08. The molecule has 1 rings (SSSR count). The van der Waals surface area contributed by atoms with Crippen LogP contribution < -0.4 is 0 Å². The molecule has 48 valence electrons. The lowest BCUT2D eigenvalue weighted by Gasteiger charge is -1.85. The van der Waals surface area contributed by atoms with Crippen LogP contribution in [0.25, 0.3) is 0 Å². The molecule has 0 aromatic carbocycles. The Hall–Kier alpha value is 0. The maximum absolute atomic E-state index is 2.38. The van der Waals surface area contributed by atoms with Gasteiger partial charge >= 0.3 is 0 Å². The zero-order valence-electron chi connectivity index (χ0n) is 6.15. The fourth-order valence-corrected chi connectivity index (χ4v) is 1.99. The van der Waals surface area contributed by atoms with Crippen molar-refractivity contribution in [2.45, 2.75) is 33.6 Å². The van der Waals surface area contributed by atoms with Gasteiger partial charge in [0, 0.05) is 0 Å². The second-order valence-corrected chi connectivity index (χ2v) is 3.00. The fourth-order valence-electron chi connectivity index (χ4n) is 1.99. The highest BCUT2D eigenvalue weighted by Crippen LogP contribution is 2.49. The molecular weight excluding hydrogens is 96.1 g/mol. The summed E-state index contributed by atoms with van der Waals surface area (Å²) in [6, 6.07) is 0. The van der Waals surface area contributed by atoms with Crippen molar-refractivity contribution in [1.29, 1.82) is 0 Å². The van der Waals surface area contributed by atoms with Gasteiger partial charge in [-0.25, -0.2) is 0 Å². The largest absolute Gasteiger partial charge is 0.0651 e. The summed E-state index contributed by atoms with van der Waals surface area (Å²) in [5.41, 5.74) is 0. The van der Waals surface area contributed by atoms with E-state index in [2.05, 4.69) is 20.8 Å². The first-order chi connectivity index (χ1) is 3.81. The minimum Gasteiger partial charge on any atom is -0.0651 e. The van der Waals surface area contributed by atoms with Gasteiger partial charge in [0.15, 0.2) is 0 Å². The van der Waals surface area contributed by atoms with E-state index in [9.17, 15) is 0 Å². The van der Waals surface area contributed by atoms with Crippen molar-refractivity contribution in [3.63, 3.8) is 0 Å². The lowest BCUT2D eigenvalue weighted by molar-refractivity contribution is 0.663. The van der Waals surface area contributed by atoms with E-state index in [1.165, 1.54) is 12.8 Å². The van der Waals surface area contributed by atoms with E-state index >= 15 is 0 Å². The highest BCUT2D eigenvalue weighted by Gasteiger charge is 2.42. The SMILES string of the molecule is CCC1C(C)C1CC. The Labute approximate surface area is 52.3 Å². The molecule has 0 spiro atoms. The van der Waals surface area contributed by atoms with Crippen LogP contribution in [0.15, 0.2) is 0 Å². The molecule has 0 amide bonds. The Morgan fingerprint density at radius 3 is 1.50 bits per heavy atom. The van der Waals surface area contributed by atoms with Crippen molar-refractivity contribution < 1.29 is 0 Å². The molecular formula is C8H16. The van der Waals surface area contributed by atoms with Crippen LogP contribution in [0.4, 0.5) is 0 Å². The first-order valence-electron chi connectivity index (χ1n) is 3.81. The van der Waals surface area contributed by atoms with E-state index in [1.807, 2.05) is 0 Å². The Kier molecular flexibility index (Phi) is 1.59. The second-order valence-electron chi connectivity index (χ2n) is 3.00. The minimum absolute atomic E-state index is 1.05. The van der Waals surface area contributed by atoms with E-state index in [0.29, 0.717) is 0 Å². The topological polar surface area (TPSA) is 0 Å². The molecule has 1 saturated carbocycles. The summed E-state index contributed by atoms with van der Waals surface area (Å²) < 4.78 is 0. The first kappa shape index (κ1) is 6.12. The lowest BCUT2D eigenvalue weighted by atomic mass is 10.2. The molecule has 0 radical (unpaired) electrons. The van der Waals surface area contributed by atoms with Crippen LogP contribution in [0.5, 0.6) is 0 Å². The molecule has 1 aliphatic rings. The van der Waals surface area contributed by atoms with E-state index in [1.54, 1.807) is 0 Å². The summed E-state index contributed by atoms with van der Waals surface area (Å²) in [4.78, 5) is 0. The normalized spacial score (nSPS) is 44.6. The Morgan fingerprint density at radius 1 is 1.00 bits per heavy atom. The third-order valence-electron chi connectivity index (χ3n) is 2.70. The molecule has 0 N–H and O–H groups in total. The highest BCUT2D eigenvalue weighted by molar-refractivity contribution is 4.91. The van der Waals surface area contributed by atoms with Crippen molar-refractivity contribution >= 4 is 0 Å². The van der Waals surface area contributed by atoms with Gasteiger partial charge in [-0.3, -0.25) is 0 Å². The molecule has 0 heteroatoms. The molecule has 1 aliphatic carbocycles. The van der Waals surface area contributed by atoms with Crippen LogP contribution >= 0.6 is 0 Å². The van der Waals surface area contributed by atoms with Gasteiger partial charge in [0.05, 0.1) is 0 Å². The Morgan fingerprint density at radius 2 is 1.38 bits per heavy atom. The van der Waals surface area contributed by atoms with E-state index in [4.69, 9.17) is 0 Å².